The Balaban J connectivity index is 2.13. The van der Waals surface area contributed by atoms with Crippen molar-refractivity contribution in [1.82, 2.24) is 0 Å². The van der Waals surface area contributed by atoms with Crippen molar-refractivity contribution in [1.29, 1.82) is 0 Å². The number of hydrogen-bond donors (Lipinski definition) is 1. The van der Waals surface area contributed by atoms with E-state index in [1.807, 2.05) is 12.1 Å². The molecule has 2 nitrogen and oxygen atoms in total. The van der Waals surface area contributed by atoms with Crippen LogP contribution in [0.15, 0.2) is 24.3 Å². The lowest BCUT2D eigenvalue weighted by Crippen LogP contribution is -2.43. The van der Waals surface area contributed by atoms with Gasteiger partial charge in [-0.15, -0.1) is 0 Å². The maximum atomic E-state index is 13.0. The first-order chi connectivity index (χ1) is 9.58. The maximum Gasteiger partial charge on any atom is 0.123 e. The van der Waals surface area contributed by atoms with Crippen LogP contribution in [0.4, 0.5) is 10.1 Å². The van der Waals surface area contributed by atoms with Crippen molar-refractivity contribution in [2.45, 2.75) is 39.5 Å². The number of rotatable bonds is 5. The number of aliphatic hydroxyl groups excluding tert-OH is 1. The number of anilines is 1. The van der Waals surface area contributed by atoms with Gasteiger partial charge in [0.25, 0.3) is 0 Å². The molecule has 2 unspecified atom stereocenters. The Morgan fingerprint density at radius 1 is 1.35 bits per heavy atom. The first-order valence-electron chi connectivity index (χ1n) is 7.70. The Bertz CT molecular complexity index is 420. The molecule has 1 saturated carbocycles. The molecule has 1 fully saturated rings. The normalized spacial score (nSPS) is 26.5. The van der Waals surface area contributed by atoms with Gasteiger partial charge in [0.05, 0.1) is 6.61 Å². The summed E-state index contributed by atoms with van der Waals surface area (Å²) in [5.74, 6) is 0.482. The minimum atomic E-state index is -0.201. The average molecular weight is 279 g/mol. The second-order valence-corrected chi connectivity index (χ2v) is 6.35. The molecule has 1 aliphatic rings. The van der Waals surface area contributed by atoms with Gasteiger partial charge in [-0.25, -0.2) is 4.39 Å². The van der Waals surface area contributed by atoms with Crippen molar-refractivity contribution in [3.8, 4) is 0 Å². The van der Waals surface area contributed by atoms with E-state index in [4.69, 9.17) is 0 Å². The van der Waals surface area contributed by atoms with E-state index in [1.165, 1.54) is 25.0 Å². The maximum absolute atomic E-state index is 13.0. The zero-order valence-corrected chi connectivity index (χ0v) is 12.6. The molecule has 1 N–H and O–H groups in total. The summed E-state index contributed by atoms with van der Waals surface area (Å²) in [5.41, 5.74) is 1.04. The molecule has 0 spiro atoms. The van der Waals surface area contributed by atoms with Gasteiger partial charge < -0.3 is 10.0 Å². The summed E-state index contributed by atoms with van der Waals surface area (Å²) >= 11 is 0. The van der Waals surface area contributed by atoms with Crippen LogP contribution in [0, 0.1) is 17.2 Å². The first kappa shape index (κ1) is 15.3. The highest BCUT2D eigenvalue weighted by atomic mass is 19.1. The second kappa shape index (κ2) is 6.57. The molecule has 112 valence electrons. The summed E-state index contributed by atoms with van der Waals surface area (Å²) in [6, 6.07) is 6.67. The SMILES string of the molecule is CCN(CC1(CO)CCCC(C)C1)c1ccc(F)cc1. The van der Waals surface area contributed by atoms with E-state index in [0.29, 0.717) is 5.92 Å². The third-order valence-corrected chi connectivity index (χ3v) is 4.62. The van der Waals surface area contributed by atoms with Crippen molar-refractivity contribution >= 4 is 5.69 Å². The minimum Gasteiger partial charge on any atom is -0.396 e. The molecule has 0 amide bonds. The van der Waals surface area contributed by atoms with E-state index < -0.39 is 0 Å². The quantitative estimate of drug-likeness (QED) is 0.885. The smallest absolute Gasteiger partial charge is 0.123 e. The Labute approximate surface area is 121 Å². The number of aliphatic hydroxyl groups is 1. The summed E-state index contributed by atoms with van der Waals surface area (Å²) in [7, 11) is 0. The molecular formula is C17H26FNO. The van der Waals surface area contributed by atoms with Gasteiger partial charge >= 0.3 is 0 Å². The third kappa shape index (κ3) is 3.51. The van der Waals surface area contributed by atoms with Crippen LogP contribution in [0.5, 0.6) is 0 Å². The van der Waals surface area contributed by atoms with Crippen molar-refractivity contribution in [2.24, 2.45) is 11.3 Å². The Morgan fingerprint density at radius 2 is 2.05 bits per heavy atom. The van der Waals surface area contributed by atoms with Gasteiger partial charge in [0.2, 0.25) is 0 Å². The van der Waals surface area contributed by atoms with Gasteiger partial charge in [0, 0.05) is 24.2 Å². The number of halogens is 1. The van der Waals surface area contributed by atoms with E-state index in [0.717, 1.165) is 31.6 Å². The monoisotopic (exact) mass is 279 g/mol. The van der Waals surface area contributed by atoms with Crippen molar-refractivity contribution in [3.05, 3.63) is 30.1 Å². The summed E-state index contributed by atoms with van der Waals surface area (Å²) < 4.78 is 13.0. The minimum absolute atomic E-state index is 0.00205. The molecule has 0 saturated heterocycles. The third-order valence-electron chi connectivity index (χ3n) is 4.62. The van der Waals surface area contributed by atoms with Gasteiger partial charge in [0.1, 0.15) is 5.82 Å². The predicted molar refractivity (Wildman–Crippen MR) is 81.4 cm³/mol. The summed E-state index contributed by atoms with van der Waals surface area (Å²) in [4.78, 5) is 2.26. The molecule has 0 bridgehead atoms. The predicted octanol–water partition coefficient (Wildman–Crippen LogP) is 3.84. The summed E-state index contributed by atoms with van der Waals surface area (Å²) in [6.07, 6.45) is 4.64. The zero-order valence-electron chi connectivity index (χ0n) is 12.6. The number of nitrogens with zero attached hydrogens (tertiary/aromatic N) is 1. The van der Waals surface area contributed by atoms with Crippen LogP contribution in [0.3, 0.4) is 0 Å². The lowest BCUT2D eigenvalue weighted by molar-refractivity contribution is 0.0668. The lowest BCUT2D eigenvalue weighted by Gasteiger charge is -2.42. The van der Waals surface area contributed by atoms with Gasteiger partial charge in [-0.05, 0) is 49.9 Å². The Hall–Kier alpha value is -1.09. The average Bonchev–Trinajstić information content (AvgIpc) is 2.46. The van der Waals surface area contributed by atoms with Crippen LogP contribution in [0.1, 0.15) is 39.5 Å². The molecule has 3 heteroatoms. The van der Waals surface area contributed by atoms with E-state index in [9.17, 15) is 9.50 Å². The van der Waals surface area contributed by atoms with Crippen LogP contribution in [-0.4, -0.2) is 24.8 Å². The fraction of sp³-hybridized carbons (Fsp3) is 0.647. The topological polar surface area (TPSA) is 23.5 Å². The number of hydrogen-bond acceptors (Lipinski definition) is 2. The Morgan fingerprint density at radius 3 is 2.60 bits per heavy atom. The summed E-state index contributed by atoms with van der Waals surface area (Å²) in [5, 5.41) is 9.91. The van der Waals surface area contributed by atoms with Crippen molar-refractivity contribution < 1.29 is 9.50 Å². The molecule has 1 aromatic carbocycles. The van der Waals surface area contributed by atoms with Gasteiger partial charge in [-0.3, -0.25) is 0 Å². The highest BCUT2D eigenvalue weighted by Crippen LogP contribution is 2.40. The molecular weight excluding hydrogens is 253 g/mol. The van der Waals surface area contributed by atoms with E-state index in [2.05, 4.69) is 18.7 Å². The molecule has 1 aromatic rings. The first-order valence-corrected chi connectivity index (χ1v) is 7.70. The van der Waals surface area contributed by atoms with E-state index in [1.54, 1.807) is 0 Å². The van der Waals surface area contributed by atoms with Crippen molar-refractivity contribution in [2.75, 3.05) is 24.6 Å². The van der Waals surface area contributed by atoms with Crippen LogP contribution in [0.25, 0.3) is 0 Å². The highest BCUT2D eigenvalue weighted by molar-refractivity contribution is 5.46. The molecule has 0 heterocycles. The molecule has 0 aromatic heterocycles. The highest BCUT2D eigenvalue weighted by Gasteiger charge is 2.35. The van der Waals surface area contributed by atoms with E-state index in [-0.39, 0.29) is 17.8 Å². The van der Waals surface area contributed by atoms with E-state index >= 15 is 0 Å². The second-order valence-electron chi connectivity index (χ2n) is 6.35. The molecule has 0 radical (unpaired) electrons. The molecule has 2 rings (SSSR count). The fourth-order valence-corrected chi connectivity index (χ4v) is 3.55. The molecule has 1 aliphatic carbocycles. The van der Waals surface area contributed by atoms with Crippen molar-refractivity contribution in [3.63, 3.8) is 0 Å². The van der Waals surface area contributed by atoms with Gasteiger partial charge in [-0.1, -0.05) is 19.8 Å². The van der Waals surface area contributed by atoms with Crippen LogP contribution < -0.4 is 4.90 Å². The number of benzene rings is 1. The Kier molecular flexibility index (Phi) is 5.03. The summed E-state index contributed by atoms with van der Waals surface area (Å²) in [6.45, 7) is 6.37. The molecule has 0 aliphatic heterocycles. The lowest BCUT2D eigenvalue weighted by atomic mass is 9.70. The standard InChI is InChI=1S/C17H26FNO/c1-3-19(16-8-6-15(18)7-9-16)12-17(13-20)10-4-5-14(2)11-17/h6-9,14,20H,3-5,10-13H2,1-2H3. The van der Waals surface area contributed by atoms with Gasteiger partial charge in [-0.2, -0.15) is 0 Å². The van der Waals surface area contributed by atoms with Gasteiger partial charge in [0.15, 0.2) is 0 Å². The van der Waals surface area contributed by atoms with Crippen LogP contribution in [0.2, 0.25) is 0 Å². The zero-order chi connectivity index (χ0) is 14.6. The van der Waals surface area contributed by atoms with Crippen LogP contribution in [-0.2, 0) is 0 Å². The molecule has 2 atom stereocenters. The van der Waals surface area contributed by atoms with Crippen LogP contribution >= 0.6 is 0 Å². The fourth-order valence-electron chi connectivity index (χ4n) is 3.55. The largest absolute Gasteiger partial charge is 0.396 e. The molecule has 20 heavy (non-hydrogen) atoms.